The lowest BCUT2D eigenvalue weighted by atomic mass is 9.72. The summed E-state index contributed by atoms with van der Waals surface area (Å²) in [4.78, 5) is 96.9. The number of rotatable bonds is 15. The molecule has 28 nitrogen and oxygen atoms in total. The third kappa shape index (κ3) is 23.2. The summed E-state index contributed by atoms with van der Waals surface area (Å²) in [5.74, 6) is -2.15. The number of hydrogen-bond donors (Lipinski definition) is 10. The molecule has 0 radical (unpaired) electrons. The van der Waals surface area contributed by atoms with Gasteiger partial charge in [0.2, 0.25) is 0 Å². The Morgan fingerprint density at radius 1 is 0.682 bits per heavy atom. The van der Waals surface area contributed by atoms with Crippen LogP contribution in [0.1, 0.15) is 151 Å². The minimum Gasteiger partial charge on any atom is -0.491 e. The van der Waals surface area contributed by atoms with Crippen LogP contribution in [-0.4, -0.2) is 225 Å². The number of nitrogens with one attached hydrogen (secondary N) is 6. The van der Waals surface area contributed by atoms with Gasteiger partial charge in [-0.25, -0.2) is 28.8 Å². The van der Waals surface area contributed by atoms with Crippen LogP contribution in [0.2, 0.25) is 0 Å². The second-order valence-electron chi connectivity index (χ2n) is 28.5. The van der Waals surface area contributed by atoms with Gasteiger partial charge in [-0.2, -0.15) is 0 Å². The molecule has 3 aliphatic heterocycles. The number of carbonyl (C=O) groups is 7. The summed E-state index contributed by atoms with van der Waals surface area (Å²) in [7, 11) is 1.30. The first-order chi connectivity index (χ1) is 38.6. The van der Waals surface area contributed by atoms with Crippen LogP contribution in [0.25, 0.3) is 0 Å². The summed E-state index contributed by atoms with van der Waals surface area (Å²) in [6, 6.07) is -6.20. The van der Waals surface area contributed by atoms with E-state index in [1.807, 2.05) is 0 Å². The van der Waals surface area contributed by atoms with Crippen molar-refractivity contribution in [1.29, 1.82) is 0 Å². The molecule has 1 unspecified atom stereocenters. The SMILES string of the molecule is CN(C(=O)OC(C)(C)C)[C@@H]1[C@@H](O)[C@@H](O[C@@H]2[C@@H](O)[C@H](C3OC(CNC[C@@H]4C[C@H](NC(=O)OC(C)(C)C)CN4C(=O)OC(C)(C)C)=CC[C@H]3NC(=O)OC(C)(C)C)[C@@H](NC(=O)OC(C)(C)C)C[C@H]2NC(=O)[C@@H](O)CNC(=O)OC(C)(C)C)OC[C@]1(C)O. The van der Waals surface area contributed by atoms with E-state index in [-0.39, 0.29) is 38.2 Å². The second kappa shape index (κ2) is 28.0. The molecule has 2 saturated heterocycles. The maximum absolute atomic E-state index is 14.1. The summed E-state index contributed by atoms with van der Waals surface area (Å²) in [6.07, 6.45) is -13.7. The number of hydrogen-bond acceptors (Lipinski definition) is 21. The molecule has 488 valence electrons. The van der Waals surface area contributed by atoms with Gasteiger partial charge < -0.3 is 105 Å². The molecule has 85 heavy (non-hydrogen) atoms. The summed E-state index contributed by atoms with van der Waals surface area (Å²) in [5.41, 5.74) is -7.47. The van der Waals surface area contributed by atoms with Gasteiger partial charge in [0.25, 0.3) is 5.91 Å². The van der Waals surface area contributed by atoms with Crippen molar-refractivity contribution in [1.82, 2.24) is 41.7 Å². The first-order valence-corrected chi connectivity index (χ1v) is 28.9. The van der Waals surface area contributed by atoms with E-state index in [1.165, 1.54) is 18.9 Å². The van der Waals surface area contributed by atoms with Crippen molar-refractivity contribution >= 4 is 42.5 Å². The van der Waals surface area contributed by atoms with Crippen molar-refractivity contribution in [2.24, 2.45) is 5.92 Å². The zero-order chi connectivity index (χ0) is 64.7. The quantitative estimate of drug-likeness (QED) is 0.104. The highest BCUT2D eigenvalue weighted by Gasteiger charge is 2.57. The fraction of sp³-hybridized carbons (Fsp3) is 0.842. The molecule has 14 atom stereocenters. The lowest BCUT2D eigenvalue weighted by molar-refractivity contribution is -0.305. The molecule has 3 heterocycles. The van der Waals surface area contributed by atoms with Gasteiger partial charge in [0.05, 0.1) is 50.0 Å². The van der Waals surface area contributed by atoms with Crippen LogP contribution in [0, 0.1) is 5.92 Å². The molecule has 10 N–H and O–H groups in total. The predicted octanol–water partition coefficient (Wildman–Crippen LogP) is 3.78. The van der Waals surface area contributed by atoms with Gasteiger partial charge in [-0.05, 0) is 157 Å². The standard InChI is InChI=1S/C57H100N8O20/c1-51(2,3)80-45(70)59-27-36(66)43(69)61-35-24-34(63-48(73)83-54(10,11)12)37(38(67)41(35)79-44-39(68)42(57(19,76)29-77-44)64(20)49(74)84-55(13,14)15)40-33(62-47(72)82-53(7,8)9)22-21-32(78-40)26-58-25-31-23-30(60-46(71)81-52(4,5)6)28-65(31)50(75)85-56(16,17)18/h21,30-31,33-42,44,58,66-68,76H,22-29H2,1-20H3,(H,59,70)(H,60,71)(H,61,69)(H,62,72)(H,63,73)/t30-,31-,33+,34-,35+,36-,37+,38-,39+,40?,41-,42+,44+,57-/m0/s1. The highest BCUT2D eigenvalue weighted by atomic mass is 16.7. The number of carbonyl (C=O) groups excluding carboxylic acids is 7. The molecule has 4 rings (SSSR count). The van der Waals surface area contributed by atoms with Crippen molar-refractivity contribution in [3.63, 3.8) is 0 Å². The maximum atomic E-state index is 14.1. The van der Waals surface area contributed by atoms with Crippen LogP contribution in [0.4, 0.5) is 28.8 Å². The van der Waals surface area contributed by atoms with Gasteiger partial charge in [-0.3, -0.25) is 4.79 Å². The first kappa shape index (κ1) is 71.8. The minimum atomic E-state index is -1.93. The Balaban J connectivity index is 1.81. The van der Waals surface area contributed by atoms with Gasteiger partial charge in [0.1, 0.15) is 69.4 Å². The number of alkyl carbamates (subject to hydrolysis) is 4. The van der Waals surface area contributed by atoms with Crippen LogP contribution in [-0.2, 0) is 47.4 Å². The molecule has 0 aromatic heterocycles. The van der Waals surface area contributed by atoms with E-state index in [4.69, 9.17) is 42.6 Å². The Morgan fingerprint density at radius 3 is 1.72 bits per heavy atom. The molecule has 4 aliphatic rings. The molecule has 0 bridgehead atoms. The van der Waals surface area contributed by atoms with Crippen molar-refractivity contribution in [3.8, 4) is 0 Å². The Labute approximate surface area is 500 Å². The molecular weight excluding hydrogens is 1120 g/mol. The average Bonchev–Trinajstić information content (AvgIpc) is 1.70. The summed E-state index contributed by atoms with van der Waals surface area (Å²) in [6.45, 7) is 30.5. The van der Waals surface area contributed by atoms with Gasteiger partial charge >= 0.3 is 36.6 Å². The second-order valence-corrected chi connectivity index (χ2v) is 28.5. The van der Waals surface area contributed by atoms with Crippen LogP contribution >= 0.6 is 0 Å². The third-order valence-electron chi connectivity index (χ3n) is 13.2. The zero-order valence-corrected chi connectivity index (χ0v) is 53.5. The van der Waals surface area contributed by atoms with Crippen LogP contribution in [0.3, 0.4) is 0 Å². The molecule has 1 aliphatic carbocycles. The molecule has 1 saturated carbocycles. The summed E-state index contributed by atoms with van der Waals surface area (Å²) < 4.78 is 52.8. The molecule has 7 amide bonds. The summed E-state index contributed by atoms with van der Waals surface area (Å²) in [5, 5.41) is 65.0. The molecular formula is C57H100N8O20. The molecule has 28 heteroatoms. The van der Waals surface area contributed by atoms with Gasteiger partial charge in [-0.1, -0.05) is 0 Å². The Kier molecular flexibility index (Phi) is 23.7. The van der Waals surface area contributed by atoms with Crippen molar-refractivity contribution in [3.05, 3.63) is 11.8 Å². The van der Waals surface area contributed by atoms with E-state index < -0.39 is 174 Å². The fourth-order valence-corrected chi connectivity index (χ4v) is 10.2. The van der Waals surface area contributed by atoms with E-state index >= 15 is 0 Å². The highest BCUT2D eigenvalue weighted by Crippen LogP contribution is 2.39. The van der Waals surface area contributed by atoms with E-state index in [2.05, 4.69) is 31.9 Å². The predicted molar refractivity (Wildman–Crippen MR) is 307 cm³/mol. The first-order valence-electron chi connectivity index (χ1n) is 28.9. The monoisotopic (exact) mass is 1220 g/mol. The van der Waals surface area contributed by atoms with Gasteiger partial charge in [0.15, 0.2) is 6.29 Å². The third-order valence-corrected chi connectivity index (χ3v) is 13.2. The molecule has 0 spiro atoms. The smallest absolute Gasteiger partial charge is 0.410 e. The van der Waals surface area contributed by atoms with Crippen LogP contribution in [0.15, 0.2) is 11.8 Å². The number of likely N-dealkylation sites (tertiary alicyclic amines) is 1. The minimum absolute atomic E-state index is 0.00608. The summed E-state index contributed by atoms with van der Waals surface area (Å²) >= 11 is 0. The van der Waals surface area contributed by atoms with Crippen LogP contribution in [0.5, 0.6) is 0 Å². The van der Waals surface area contributed by atoms with E-state index in [0.717, 1.165) is 4.90 Å². The van der Waals surface area contributed by atoms with E-state index in [0.29, 0.717) is 6.42 Å². The molecule has 0 aromatic rings. The Bertz CT molecular complexity index is 2350. The lowest BCUT2D eigenvalue weighted by Crippen LogP contribution is -2.71. The number of nitrogens with zero attached hydrogens (tertiary/aromatic N) is 2. The lowest BCUT2D eigenvalue weighted by Gasteiger charge is -2.52. The normalized spacial score (nSPS) is 28.9. The van der Waals surface area contributed by atoms with Crippen LogP contribution < -0.4 is 31.9 Å². The number of amides is 7. The van der Waals surface area contributed by atoms with Gasteiger partial charge in [0, 0.05) is 38.1 Å². The zero-order valence-electron chi connectivity index (χ0n) is 53.5. The number of aliphatic hydroxyl groups excluding tert-OH is 3. The fourth-order valence-electron chi connectivity index (χ4n) is 10.2. The number of ether oxygens (including phenoxy) is 9. The highest BCUT2D eigenvalue weighted by molar-refractivity contribution is 5.82. The number of aliphatic hydroxyl groups is 4. The topological polar surface area (TPSA) is 362 Å². The number of likely N-dealkylation sites (N-methyl/N-ethyl adjacent to an activating group) is 1. The largest absolute Gasteiger partial charge is 0.491 e. The van der Waals surface area contributed by atoms with Crippen molar-refractivity contribution in [2.45, 2.75) is 263 Å². The maximum Gasteiger partial charge on any atom is 0.410 e. The molecule has 3 fully saturated rings. The molecule has 0 aromatic carbocycles. The van der Waals surface area contributed by atoms with E-state index in [9.17, 15) is 54.0 Å². The Morgan fingerprint density at radius 2 is 1.19 bits per heavy atom. The van der Waals surface area contributed by atoms with Crippen molar-refractivity contribution < 1.29 is 96.6 Å². The van der Waals surface area contributed by atoms with E-state index in [1.54, 1.807) is 131 Å². The average molecular weight is 1220 g/mol. The van der Waals surface area contributed by atoms with Crippen molar-refractivity contribution in [2.75, 3.05) is 39.8 Å². The van der Waals surface area contributed by atoms with Gasteiger partial charge in [-0.15, -0.1) is 0 Å². The Hall–Kier alpha value is -5.65.